The van der Waals surface area contributed by atoms with Gasteiger partial charge in [-0.15, -0.1) is 11.3 Å². The van der Waals surface area contributed by atoms with Gasteiger partial charge >= 0.3 is 0 Å². The van der Waals surface area contributed by atoms with Crippen LogP contribution in [0.25, 0.3) is 0 Å². The number of aryl methyl sites for hydroxylation is 1. The van der Waals surface area contributed by atoms with E-state index >= 15 is 0 Å². The SMILES string of the molecule is CC(C)C[C@H](C(=O)N1CCN(c2ccc(S(=O)Nc3nccs3)cc2)C(=O)C1)N1CCCc2cc(O)ccc21. The molecule has 2 aromatic carbocycles. The lowest BCUT2D eigenvalue weighted by Crippen LogP contribution is -2.58. The molecule has 0 saturated carbocycles. The zero-order valence-corrected chi connectivity index (χ0v) is 23.7. The summed E-state index contributed by atoms with van der Waals surface area (Å²) in [6.45, 7) is 5.82. The van der Waals surface area contributed by atoms with E-state index in [4.69, 9.17) is 0 Å². The van der Waals surface area contributed by atoms with Crippen LogP contribution in [0.4, 0.5) is 16.5 Å². The zero-order valence-electron chi connectivity index (χ0n) is 22.1. The first-order valence-corrected chi connectivity index (χ1v) is 15.2. The number of carbonyl (C=O) groups is 2. The van der Waals surface area contributed by atoms with Crippen molar-refractivity contribution >= 4 is 50.6 Å². The monoisotopic (exact) mass is 567 g/mol. The van der Waals surface area contributed by atoms with Crippen LogP contribution < -0.4 is 14.5 Å². The lowest BCUT2D eigenvalue weighted by Gasteiger charge is -2.42. The molecule has 3 heterocycles. The molecular weight excluding hydrogens is 534 g/mol. The van der Waals surface area contributed by atoms with Crippen LogP contribution in [0.3, 0.4) is 0 Å². The lowest BCUT2D eigenvalue weighted by atomic mass is 9.95. The van der Waals surface area contributed by atoms with Crippen molar-refractivity contribution in [2.24, 2.45) is 5.92 Å². The molecule has 0 aliphatic carbocycles. The number of nitrogens with one attached hydrogen (secondary N) is 1. The summed E-state index contributed by atoms with van der Waals surface area (Å²) in [5.74, 6) is 0.361. The first-order valence-electron chi connectivity index (χ1n) is 13.2. The number of piperazine rings is 1. The fraction of sp³-hybridized carbons (Fsp3) is 0.393. The van der Waals surface area contributed by atoms with E-state index in [-0.39, 0.29) is 30.2 Å². The predicted molar refractivity (Wildman–Crippen MR) is 155 cm³/mol. The van der Waals surface area contributed by atoms with Crippen molar-refractivity contribution in [2.45, 2.75) is 44.0 Å². The van der Waals surface area contributed by atoms with Crippen LogP contribution in [0.2, 0.25) is 0 Å². The van der Waals surface area contributed by atoms with Gasteiger partial charge < -0.3 is 19.8 Å². The number of benzene rings is 2. The molecular formula is C28H33N5O4S2. The van der Waals surface area contributed by atoms with Gasteiger partial charge in [0.25, 0.3) is 0 Å². The Morgan fingerprint density at radius 1 is 1.15 bits per heavy atom. The molecule has 0 bridgehead atoms. The van der Waals surface area contributed by atoms with E-state index in [0.717, 1.165) is 30.6 Å². The summed E-state index contributed by atoms with van der Waals surface area (Å²) in [5.41, 5.74) is 2.75. The number of phenolic OH excluding ortho intramolecular Hbond substituents is 1. The maximum absolute atomic E-state index is 13.9. The van der Waals surface area contributed by atoms with Crippen molar-refractivity contribution in [3.8, 4) is 5.75 Å². The summed E-state index contributed by atoms with van der Waals surface area (Å²) in [5, 5.41) is 12.3. The molecule has 5 rings (SSSR count). The Morgan fingerprint density at radius 3 is 2.64 bits per heavy atom. The second-order valence-electron chi connectivity index (χ2n) is 10.3. The molecule has 2 atom stereocenters. The number of aromatic nitrogens is 1. The Balaban J connectivity index is 1.27. The molecule has 1 saturated heterocycles. The van der Waals surface area contributed by atoms with Gasteiger partial charge in [-0.3, -0.25) is 14.3 Å². The van der Waals surface area contributed by atoms with Gasteiger partial charge in [-0.25, -0.2) is 9.19 Å². The number of fused-ring (bicyclic) bond motifs is 1. The zero-order chi connectivity index (χ0) is 27.5. The molecule has 206 valence electrons. The highest BCUT2D eigenvalue weighted by Gasteiger charge is 2.36. The highest BCUT2D eigenvalue weighted by atomic mass is 32.2. The number of nitrogens with zero attached hydrogens (tertiary/aromatic N) is 4. The second-order valence-corrected chi connectivity index (χ2v) is 12.4. The molecule has 2 amide bonds. The van der Waals surface area contributed by atoms with Gasteiger partial charge in [-0.05, 0) is 73.2 Å². The van der Waals surface area contributed by atoms with E-state index in [9.17, 15) is 18.9 Å². The Bertz CT molecular complexity index is 1350. The minimum Gasteiger partial charge on any atom is -0.508 e. The Morgan fingerprint density at radius 2 is 1.95 bits per heavy atom. The predicted octanol–water partition coefficient (Wildman–Crippen LogP) is 4.03. The number of carbonyl (C=O) groups excluding carboxylic acids is 2. The third-order valence-electron chi connectivity index (χ3n) is 7.08. The third kappa shape index (κ3) is 6.09. The smallest absolute Gasteiger partial charge is 0.246 e. The molecule has 9 nitrogen and oxygen atoms in total. The van der Waals surface area contributed by atoms with Crippen molar-refractivity contribution in [1.82, 2.24) is 9.88 Å². The van der Waals surface area contributed by atoms with Crippen LogP contribution >= 0.6 is 11.3 Å². The summed E-state index contributed by atoms with van der Waals surface area (Å²) in [6, 6.07) is 12.0. The topological polar surface area (TPSA) is 106 Å². The van der Waals surface area contributed by atoms with E-state index in [1.807, 2.05) is 6.07 Å². The standard InChI is InChI=1S/C28H33N5O4S2/c1-19(2)16-25(33-12-3-4-20-17-22(34)7-10-24(20)33)27(36)31-13-14-32(26(35)18-31)21-5-8-23(9-6-21)39(37)30-28-29-11-15-38-28/h5-11,15,17,19,25,34H,3-4,12-14,16,18H2,1-2H3,(H,29,30)/t25-,39?/m1/s1. The lowest BCUT2D eigenvalue weighted by molar-refractivity contribution is -0.138. The number of thiazole rings is 1. The molecule has 2 aliphatic heterocycles. The quantitative estimate of drug-likeness (QED) is 0.426. The minimum atomic E-state index is -1.45. The van der Waals surface area contributed by atoms with Crippen molar-refractivity contribution in [2.75, 3.05) is 40.7 Å². The van der Waals surface area contributed by atoms with Gasteiger partial charge in [0.2, 0.25) is 11.8 Å². The molecule has 0 spiro atoms. The van der Waals surface area contributed by atoms with E-state index < -0.39 is 11.0 Å². The number of rotatable bonds is 8. The van der Waals surface area contributed by atoms with E-state index in [0.29, 0.717) is 41.1 Å². The van der Waals surface area contributed by atoms with Crippen LogP contribution in [-0.4, -0.2) is 63.2 Å². The van der Waals surface area contributed by atoms with Gasteiger partial charge in [0.05, 0.1) is 4.90 Å². The summed E-state index contributed by atoms with van der Waals surface area (Å²) in [7, 11) is -1.45. The van der Waals surface area contributed by atoms with Gasteiger partial charge in [-0.2, -0.15) is 0 Å². The largest absolute Gasteiger partial charge is 0.508 e. The van der Waals surface area contributed by atoms with E-state index in [2.05, 4.69) is 28.5 Å². The second kappa shape index (κ2) is 11.7. The summed E-state index contributed by atoms with van der Waals surface area (Å²) in [4.78, 5) is 37.3. The first-order chi connectivity index (χ1) is 18.8. The average Bonchev–Trinajstić information content (AvgIpc) is 3.44. The number of aromatic hydroxyl groups is 1. The van der Waals surface area contributed by atoms with Crippen molar-refractivity contribution < 1.29 is 18.9 Å². The van der Waals surface area contributed by atoms with Gasteiger partial charge in [0.1, 0.15) is 18.3 Å². The molecule has 1 aromatic heterocycles. The highest BCUT2D eigenvalue weighted by molar-refractivity contribution is 7.86. The summed E-state index contributed by atoms with van der Waals surface area (Å²) < 4.78 is 15.4. The number of phenols is 1. The molecule has 2 aliphatic rings. The fourth-order valence-electron chi connectivity index (χ4n) is 5.25. The fourth-order valence-corrected chi connectivity index (χ4v) is 6.76. The number of anilines is 3. The van der Waals surface area contributed by atoms with Crippen LogP contribution in [0, 0.1) is 5.92 Å². The van der Waals surface area contributed by atoms with Crippen LogP contribution in [0.1, 0.15) is 32.3 Å². The van der Waals surface area contributed by atoms with E-state index in [1.54, 1.807) is 57.8 Å². The minimum absolute atomic E-state index is 0.0169. The first kappa shape index (κ1) is 27.1. The molecule has 3 aromatic rings. The van der Waals surface area contributed by atoms with Crippen molar-refractivity contribution in [3.63, 3.8) is 0 Å². The van der Waals surface area contributed by atoms with Gasteiger partial charge in [0, 0.05) is 42.6 Å². The Hall–Kier alpha value is -3.44. The molecule has 39 heavy (non-hydrogen) atoms. The molecule has 2 N–H and O–H groups in total. The Labute approximate surface area is 235 Å². The van der Waals surface area contributed by atoms with Gasteiger partial charge in [0.15, 0.2) is 16.1 Å². The highest BCUT2D eigenvalue weighted by Crippen LogP contribution is 2.33. The van der Waals surface area contributed by atoms with Crippen LogP contribution in [0.5, 0.6) is 5.75 Å². The molecule has 1 unspecified atom stereocenters. The van der Waals surface area contributed by atoms with Crippen LogP contribution in [-0.2, 0) is 27.0 Å². The molecule has 1 fully saturated rings. The number of hydrogen-bond donors (Lipinski definition) is 2. The van der Waals surface area contributed by atoms with Crippen molar-refractivity contribution in [3.05, 3.63) is 59.6 Å². The number of amides is 2. The maximum Gasteiger partial charge on any atom is 0.246 e. The molecule has 0 radical (unpaired) electrons. The maximum atomic E-state index is 13.9. The van der Waals surface area contributed by atoms with Gasteiger partial charge in [-0.1, -0.05) is 13.8 Å². The summed E-state index contributed by atoms with van der Waals surface area (Å²) in [6.07, 6.45) is 4.10. The number of hydrogen-bond acceptors (Lipinski definition) is 7. The Kier molecular flexibility index (Phi) is 8.18. The third-order valence-corrected chi connectivity index (χ3v) is 8.98. The average molecular weight is 568 g/mol. The summed E-state index contributed by atoms with van der Waals surface area (Å²) >= 11 is 1.37. The van der Waals surface area contributed by atoms with Crippen molar-refractivity contribution in [1.29, 1.82) is 0 Å². The normalized spacial score (nSPS) is 17.2. The molecule has 11 heteroatoms. The van der Waals surface area contributed by atoms with Crippen LogP contribution in [0.15, 0.2) is 58.9 Å². The van der Waals surface area contributed by atoms with E-state index in [1.165, 1.54) is 11.3 Å².